The predicted molar refractivity (Wildman–Crippen MR) is 102 cm³/mol. The van der Waals surface area contributed by atoms with Crippen LogP contribution in [0.3, 0.4) is 0 Å². The zero-order chi connectivity index (χ0) is 19.9. The van der Waals surface area contributed by atoms with Crippen molar-refractivity contribution in [3.8, 4) is 23.0 Å². The third-order valence-electron chi connectivity index (χ3n) is 3.72. The summed E-state index contributed by atoms with van der Waals surface area (Å²) in [5.74, 6) is 1.45. The van der Waals surface area contributed by atoms with Gasteiger partial charge < -0.3 is 14.2 Å². The van der Waals surface area contributed by atoms with Gasteiger partial charge in [0.15, 0.2) is 6.61 Å². The maximum atomic E-state index is 11.8. The second-order valence-corrected chi connectivity index (χ2v) is 5.90. The van der Waals surface area contributed by atoms with Crippen molar-refractivity contribution in [1.82, 2.24) is 0 Å². The van der Waals surface area contributed by atoms with Gasteiger partial charge in [0.1, 0.15) is 23.0 Å². The topological polar surface area (TPSA) is 87.9 Å². The molecular weight excluding hydrogens is 362 g/mol. The van der Waals surface area contributed by atoms with Gasteiger partial charge in [0.25, 0.3) is 5.69 Å². The third-order valence-corrected chi connectivity index (χ3v) is 3.72. The highest BCUT2D eigenvalue weighted by atomic mass is 16.6. The molecule has 142 valence electrons. The molecule has 3 aromatic rings. The number of hydrogen-bond acceptors (Lipinski definition) is 6. The van der Waals surface area contributed by atoms with Gasteiger partial charge in [-0.25, -0.2) is 4.79 Å². The van der Waals surface area contributed by atoms with E-state index < -0.39 is 10.9 Å². The number of benzene rings is 3. The Kier molecular flexibility index (Phi) is 5.86. The third kappa shape index (κ3) is 5.31. The summed E-state index contributed by atoms with van der Waals surface area (Å²) in [5.41, 5.74) is 1.07. The van der Waals surface area contributed by atoms with Crippen molar-refractivity contribution in [2.24, 2.45) is 0 Å². The summed E-state index contributed by atoms with van der Waals surface area (Å²) in [5, 5.41) is 10.6. The summed E-state index contributed by atoms with van der Waals surface area (Å²) in [6, 6.07) is 19.8. The lowest BCUT2D eigenvalue weighted by Crippen LogP contribution is -2.17. The molecule has 0 bridgehead atoms. The number of carbonyl (C=O) groups excluding carboxylic acids is 1. The van der Waals surface area contributed by atoms with E-state index in [0.29, 0.717) is 11.5 Å². The van der Waals surface area contributed by atoms with Gasteiger partial charge in [-0.05, 0) is 55.5 Å². The number of carbonyl (C=O) groups is 1. The first-order valence-corrected chi connectivity index (χ1v) is 8.42. The Balaban J connectivity index is 1.49. The first-order valence-electron chi connectivity index (χ1n) is 8.42. The van der Waals surface area contributed by atoms with Gasteiger partial charge in [-0.2, -0.15) is 0 Å². The SMILES string of the molecule is Cc1ccc(Oc2ccc(OCC(=O)Oc3ccc([N+](=O)[O-])cc3)cc2)cc1. The van der Waals surface area contributed by atoms with E-state index in [-0.39, 0.29) is 18.0 Å². The Hall–Kier alpha value is -3.87. The van der Waals surface area contributed by atoms with E-state index >= 15 is 0 Å². The number of nitro groups is 1. The Morgan fingerprint density at radius 2 is 1.32 bits per heavy atom. The number of nitro benzene ring substituents is 1. The molecule has 0 N–H and O–H groups in total. The average molecular weight is 379 g/mol. The summed E-state index contributed by atoms with van der Waals surface area (Å²) in [6.07, 6.45) is 0. The zero-order valence-corrected chi connectivity index (χ0v) is 15.0. The van der Waals surface area contributed by atoms with Crippen LogP contribution in [0.2, 0.25) is 0 Å². The number of rotatable bonds is 7. The maximum Gasteiger partial charge on any atom is 0.349 e. The Morgan fingerprint density at radius 3 is 1.89 bits per heavy atom. The van der Waals surface area contributed by atoms with E-state index in [9.17, 15) is 14.9 Å². The van der Waals surface area contributed by atoms with Gasteiger partial charge in [0.2, 0.25) is 0 Å². The van der Waals surface area contributed by atoms with Gasteiger partial charge in [0, 0.05) is 12.1 Å². The molecule has 0 saturated carbocycles. The van der Waals surface area contributed by atoms with E-state index in [0.717, 1.165) is 11.3 Å². The van der Waals surface area contributed by atoms with Crippen molar-refractivity contribution in [2.45, 2.75) is 6.92 Å². The highest BCUT2D eigenvalue weighted by Crippen LogP contribution is 2.24. The number of non-ortho nitro benzene ring substituents is 1. The quantitative estimate of drug-likeness (QED) is 0.256. The summed E-state index contributed by atoms with van der Waals surface area (Å²) < 4.78 is 16.2. The molecule has 0 saturated heterocycles. The largest absolute Gasteiger partial charge is 0.482 e. The molecule has 3 aromatic carbocycles. The van der Waals surface area contributed by atoms with Crippen molar-refractivity contribution < 1.29 is 23.9 Å². The van der Waals surface area contributed by atoms with Crippen LogP contribution in [0.4, 0.5) is 5.69 Å². The molecule has 0 fully saturated rings. The molecule has 0 aliphatic carbocycles. The van der Waals surface area contributed by atoms with E-state index in [2.05, 4.69) is 0 Å². The molecule has 7 nitrogen and oxygen atoms in total. The first kappa shape index (κ1) is 18.9. The minimum Gasteiger partial charge on any atom is -0.482 e. The standard InChI is InChI=1S/C21H17NO6/c1-15-2-6-18(7-3-15)27-19-12-10-17(11-13-19)26-14-21(23)28-20-8-4-16(5-9-20)22(24)25/h2-13H,14H2,1H3. The molecule has 0 spiro atoms. The summed E-state index contributed by atoms with van der Waals surface area (Å²) >= 11 is 0. The lowest BCUT2D eigenvalue weighted by molar-refractivity contribution is -0.384. The van der Waals surface area contributed by atoms with Gasteiger partial charge >= 0.3 is 5.97 Å². The zero-order valence-electron chi connectivity index (χ0n) is 15.0. The van der Waals surface area contributed by atoms with Crippen molar-refractivity contribution in [1.29, 1.82) is 0 Å². The molecule has 3 rings (SSSR count). The van der Waals surface area contributed by atoms with E-state index in [4.69, 9.17) is 14.2 Å². The molecule has 0 atom stereocenters. The second-order valence-electron chi connectivity index (χ2n) is 5.90. The molecule has 0 radical (unpaired) electrons. The molecular formula is C21H17NO6. The lowest BCUT2D eigenvalue weighted by Gasteiger charge is -2.09. The minimum absolute atomic E-state index is 0.0796. The van der Waals surface area contributed by atoms with Gasteiger partial charge in [-0.1, -0.05) is 17.7 Å². The highest BCUT2D eigenvalue weighted by Gasteiger charge is 2.09. The van der Waals surface area contributed by atoms with Crippen LogP contribution in [0.1, 0.15) is 5.56 Å². The maximum absolute atomic E-state index is 11.8. The van der Waals surface area contributed by atoms with Crippen LogP contribution in [0.25, 0.3) is 0 Å². The minimum atomic E-state index is -0.617. The average Bonchev–Trinajstić information content (AvgIpc) is 2.69. The predicted octanol–water partition coefficient (Wildman–Crippen LogP) is 4.68. The molecule has 7 heteroatoms. The molecule has 0 aliphatic heterocycles. The van der Waals surface area contributed by atoms with Gasteiger partial charge in [-0.15, -0.1) is 0 Å². The number of nitrogens with zero attached hydrogens (tertiary/aromatic N) is 1. The molecule has 0 unspecified atom stereocenters. The van der Waals surface area contributed by atoms with Crippen LogP contribution in [0.5, 0.6) is 23.0 Å². The van der Waals surface area contributed by atoms with Crippen LogP contribution in [-0.4, -0.2) is 17.5 Å². The summed E-state index contributed by atoms with van der Waals surface area (Å²) in [4.78, 5) is 21.9. The van der Waals surface area contributed by atoms with Crippen LogP contribution < -0.4 is 14.2 Å². The van der Waals surface area contributed by atoms with Crippen LogP contribution in [0.15, 0.2) is 72.8 Å². The lowest BCUT2D eigenvalue weighted by atomic mass is 10.2. The molecule has 0 aliphatic rings. The first-order chi connectivity index (χ1) is 13.5. The number of aryl methyl sites for hydroxylation is 1. The molecule has 0 aromatic heterocycles. The monoisotopic (exact) mass is 379 g/mol. The van der Waals surface area contributed by atoms with Gasteiger partial charge in [0.05, 0.1) is 4.92 Å². The van der Waals surface area contributed by atoms with Crippen LogP contribution in [-0.2, 0) is 4.79 Å². The molecule has 0 heterocycles. The van der Waals surface area contributed by atoms with E-state index in [1.807, 2.05) is 31.2 Å². The van der Waals surface area contributed by atoms with E-state index in [1.165, 1.54) is 24.3 Å². The fraction of sp³-hybridized carbons (Fsp3) is 0.0952. The summed E-state index contributed by atoms with van der Waals surface area (Å²) in [7, 11) is 0. The Morgan fingerprint density at radius 1 is 0.821 bits per heavy atom. The normalized spacial score (nSPS) is 10.2. The highest BCUT2D eigenvalue weighted by molar-refractivity contribution is 5.74. The smallest absolute Gasteiger partial charge is 0.349 e. The van der Waals surface area contributed by atoms with Crippen LogP contribution in [0, 0.1) is 17.0 Å². The Labute approximate surface area is 161 Å². The van der Waals surface area contributed by atoms with Crippen molar-refractivity contribution >= 4 is 11.7 Å². The molecule has 0 amide bonds. The van der Waals surface area contributed by atoms with Crippen molar-refractivity contribution in [2.75, 3.05) is 6.61 Å². The summed E-state index contributed by atoms with van der Waals surface area (Å²) in [6.45, 7) is 1.71. The van der Waals surface area contributed by atoms with Crippen molar-refractivity contribution in [3.63, 3.8) is 0 Å². The van der Waals surface area contributed by atoms with E-state index in [1.54, 1.807) is 24.3 Å². The fourth-order valence-electron chi connectivity index (χ4n) is 2.29. The van der Waals surface area contributed by atoms with Crippen molar-refractivity contribution in [3.05, 3.63) is 88.5 Å². The Bertz CT molecular complexity index is 950. The van der Waals surface area contributed by atoms with Crippen LogP contribution >= 0.6 is 0 Å². The number of hydrogen-bond donors (Lipinski definition) is 0. The number of ether oxygens (including phenoxy) is 3. The number of esters is 1. The fourth-order valence-corrected chi connectivity index (χ4v) is 2.29. The second kappa shape index (κ2) is 8.68. The van der Waals surface area contributed by atoms with Gasteiger partial charge in [-0.3, -0.25) is 10.1 Å². The molecule has 28 heavy (non-hydrogen) atoms.